The van der Waals surface area contributed by atoms with Crippen molar-refractivity contribution in [2.24, 2.45) is 0 Å². The molecule has 0 unspecified atom stereocenters. The molecular weight excluding hydrogens is 188 g/mol. The van der Waals surface area contributed by atoms with Crippen LogP contribution in [0.25, 0.3) is 10.9 Å². The van der Waals surface area contributed by atoms with Crippen LogP contribution in [0.4, 0.5) is 0 Å². The molecule has 0 aliphatic rings. The molecular formula is C12H14N2O. The largest absolute Gasteiger partial charge is 0.310 e. The maximum Gasteiger partial charge on any atom is 0.258 e. The number of nitrogens with zero attached hydrogens (tertiary/aromatic N) is 1. The van der Waals surface area contributed by atoms with Gasteiger partial charge in [0.25, 0.3) is 5.56 Å². The standard InChI is InChI=1S/C12H14N2O/c1-4-10-13-11-8(3)5-7(2)6-9(11)12(15)14-10/h5-6H,4H2,1-3H3,(H,13,14,15). The van der Waals surface area contributed by atoms with Crippen molar-refractivity contribution in [3.05, 3.63) is 39.4 Å². The number of rotatable bonds is 1. The van der Waals surface area contributed by atoms with Gasteiger partial charge in [0.1, 0.15) is 5.82 Å². The molecule has 0 spiro atoms. The molecule has 1 aromatic heterocycles. The number of fused-ring (bicyclic) bond motifs is 1. The predicted octanol–water partition coefficient (Wildman–Crippen LogP) is 2.10. The second kappa shape index (κ2) is 3.50. The van der Waals surface area contributed by atoms with Gasteiger partial charge >= 0.3 is 0 Å². The second-order valence-corrected chi connectivity index (χ2v) is 3.84. The first-order valence-corrected chi connectivity index (χ1v) is 5.12. The fourth-order valence-corrected chi connectivity index (χ4v) is 1.81. The molecule has 0 aliphatic carbocycles. The van der Waals surface area contributed by atoms with Gasteiger partial charge in [-0.3, -0.25) is 4.79 Å². The minimum Gasteiger partial charge on any atom is -0.310 e. The molecule has 0 amide bonds. The van der Waals surface area contributed by atoms with Crippen molar-refractivity contribution in [3.8, 4) is 0 Å². The summed E-state index contributed by atoms with van der Waals surface area (Å²) in [5, 5.41) is 0.685. The van der Waals surface area contributed by atoms with Gasteiger partial charge in [0, 0.05) is 6.42 Å². The van der Waals surface area contributed by atoms with Crippen LogP contribution < -0.4 is 5.56 Å². The highest BCUT2D eigenvalue weighted by Crippen LogP contribution is 2.15. The van der Waals surface area contributed by atoms with E-state index in [0.29, 0.717) is 5.39 Å². The first-order valence-electron chi connectivity index (χ1n) is 5.12. The first-order chi connectivity index (χ1) is 7.11. The predicted molar refractivity (Wildman–Crippen MR) is 61.2 cm³/mol. The van der Waals surface area contributed by atoms with Crippen molar-refractivity contribution in [2.75, 3.05) is 0 Å². The minimum atomic E-state index is -0.0383. The lowest BCUT2D eigenvalue weighted by Gasteiger charge is -2.04. The summed E-state index contributed by atoms with van der Waals surface area (Å²) in [4.78, 5) is 19.0. The Hall–Kier alpha value is -1.64. The number of benzene rings is 1. The van der Waals surface area contributed by atoms with Crippen LogP contribution in [-0.2, 0) is 6.42 Å². The zero-order chi connectivity index (χ0) is 11.0. The van der Waals surface area contributed by atoms with E-state index in [2.05, 4.69) is 9.97 Å². The van der Waals surface area contributed by atoms with Crippen molar-refractivity contribution in [1.29, 1.82) is 0 Å². The first kappa shape index (κ1) is 9.90. The van der Waals surface area contributed by atoms with Gasteiger partial charge in [0.15, 0.2) is 0 Å². The molecule has 0 fully saturated rings. The van der Waals surface area contributed by atoms with E-state index in [0.717, 1.165) is 28.9 Å². The van der Waals surface area contributed by atoms with Gasteiger partial charge in [0.05, 0.1) is 10.9 Å². The number of aromatic amines is 1. The average Bonchev–Trinajstić information content (AvgIpc) is 2.19. The number of aryl methyl sites for hydroxylation is 3. The lowest BCUT2D eigenvalue weighted by Crippen LogP contribution is -2.12. The maximum absolute atomic E-state index is 11.8. The van der Waals surface area contributed by atoms with Gasteiger partial charge in [-0.2, -0.15) is 0 Å². The average molecular weight is 202 g/mol. The Morgan fingerprint density at radius 1 is 1.33 bits per heavy atom. The van der Waals surface area contributed by atoms with Crippen molar-refractivity contribution in [2.45, 2.75) is 27.2 Å². The molecule has 1 heterocycles. The highest BCUT2D eigenvalue weighted by Gasteiger charge is 2.05. The number of nitrogens with one attached hydrogen (secondary N) is 1. The van der Waals surface area contributed by atoms with E-state index < -0.39 is 0 Å². The Morgan fingerprint density at radius 3 is 2.73 bits per heavy atom. The number of hydrogen-bond acceptors (Lipinski definition) is 2. The number of aromatic nitrogens is 2. The fraction of sp³-hybridized carbons (Fsp3) is 0.333. The maximum atomic E-state index is 11.8. The van der Waals surface area contributed by atoms with Crippen molar-refractivity contribution in [1.82, 2.24) is 9.97 Å². The van der Waals surface area contributed by atoms with Crippen molar-refractivity contribution in [3.63, 3.8) is 0 Å². The van der Waals surface area contributed by atoms with Gasteiger partial charge in [0.2, 0.25) is 0 Å². The van der Waals surface area contributed by atoms with E-state index in [1.165, 1.54) is 0 Å². The molecule has 2 aromatic rings. The molecule has 3 nitrogen and oxygen atoms in total. The topological polar surface area (TPSA) is 45.8 Å². The van der Waals surface area contributed by atoms with E-state index in [9.17, 15) is 4.79 Å². The third-order valence-electron chi connectivity index (χ3n) is 2.53. The van der Waals surface area contributed by atoms with Gasteiger partial charge in [-0.1, -0.05) is 13.0 Å². The Kier molecular flexibility index (Phi) is 2.31. The molecule has 3 heteroatoms. The highest BCUT2D eigenvalue weighted by atomic mass is 16.1. The van der Waals surface area contributed by atoms with Crippen LogP contribution >= 0.6 is 0 Å². The Bertz CT molecular complexity index is 570. The molecule has 0 saturated carbocycles. The van der Waals surface area contributed by atoms with Crippen LogP contribution in [0.3, 0.4) is 0 Å². The summed E-state index contributed by atoms with van der Waals surface area (Å²) in [7, 11) is 0. The summed E-state index contributed by atoms with van der Waals surface area (Å²) in [5.41, 5.74) is 2.94. The SMILES string of the molecule is CCc1nc2c(C)cc(C)cc2c(=O)[nH]1. The Morgan fingerprint density at radius 2 is 2.07 bits per heavy atom. The van der Waals surface area contributed by atoms with Crippen LogP contribution in [-0.4, -0.2) is 9.97 Å². The Labute approximate surface area is 88.2 Å². The van der Waals surface area contributed by atoms with Gasteiger partial charge in [-0.15, -0.1) is 0 Å². The minimum absolute atomic E-state index is 0.0383. The zero-order valence-corrected chi connectivity index (χ0v) is 9.22. The van der Waals surface area contributed by atoms with Gasteiger partial charge < -0.3 is 4.98 Å². The van der Waals surface area contributed by atoms with E-state index >= 15 is 0 Å². The molecule has 0 saturated heterocycles. The smallest absolute Gasteiger partial charge is 0.258 e. The number of H-pyrrole nitrogens is 1. The monoisotopic (exact) mass is 202 g/mol. The Balaban J connectivity index is 2.91. The molecule has 0 aliphatic heterocycles. The second-order valence-electron chi connectivity index (χ2n) is 3.84. The lowest BCUT2D eigenvalue weighted by atomic mass is 10.1. The van der Waals surface area contributed by atoms with Crippen LogP contribution in [0.5, 0.6) is 0 Å². The third kappa shape index (κ3) is 1.65. The number of hydrogen-bond donors (Lipinski definition) is 1. The summed E-state index contributed by atoms with van der Waals surface area (Å²) >= 11 is 0. The van der Waals surface area contributed by atoms with Crippen molar-refractivity contribution < 1.29 is 0 Å². The highest BCUT2D eigenvalue weighted by molar-refractivity contribution is 5.81. The molecule has 2 rings (SSSR count). The van der Waals surface area contributed by atoms with Gasteiger partial charge in [-0.25, -0.2) is 4.98 Å². The molecule has 15 heavy (non-hydrogen) atoms. The van der Waals surface area contributed by atoms with E-state index in [4.69, 9.17) is 0 Å². The van der Waals surface area contributed by atoms with Gasteiger partial charge in [-0.05, 0) is 31.0 Å². The molecule has 1 aromatic carbocycles. The zero-order valence-electron chi connectivity index (χ0n) is 9.22. The van der Waals surface area contributed by atoms with Crippen molar-refractivity contribution >= 4 is 10.9 Å². The summed E-state index contributed by atoms with van der Waals surface area (Å²) in [6, 6.07) is 3.93. The summed E-state index contributed by atoms with van der Waals surface area (Å²) in [6.07, 6.45) is 0.749. The van der Waals surface area contributed by atoms with Crippen LogP contribution in [0.15, 0.2) is 16.9 Å². The molecule has 1 N–H and O–H groups in total. The molecule has 0 radical (unpaired) electrons. The molecule has 0 atom stereocenters. The molecule has 78 valence electrons. The summed E-state index contributed by atoms with van der Waals surface area (Å²) in [6.45, 7) is 5.95. The van der Waals surface area contributed by atoms with Crippen LogP contribution in [0.1, 0.15) is 23.9 Å². The van der Waals surface area contributed by atoms with Crippen LogP contribution in [0, 0.1) is 13.8 Å². The molecule has 0 bridgehead atoms. The quantitative estimate of drug-likeness (QED) is 0.769. The van der Waals surface area contributed by atoms with E-state index in [1.54, 1.807) is 0 Å². The summed E-state index contributed by atoms with van der Waals surface area (Å²) in [5.74, 6) is 0.749. The fourth-order valence-electron chi connectivity index (χ4n) is 1.81. The van der Waals surface area contributed by atoms with E-state index in [1.807, 2.05) is 32.9 Å². The van der Waals surface area contributed by atoms with Crippen LogP contribution in [0.2, 0.25) is 0 Å². The van der Waals surface area contributed by atoms with E-state index in [-0.39, 0.29) is 5.56 Å². The normalized spacial score (nSPS) is 10.9. The summed E-state index contributed by atoms with van der Waals surface area (Å²) < 4.78 is 0. The lowest BCUT2D eigenvalue weighted by molar-refractivity contribution is 0.942. The third-order valence-corrected chi connectivity index (χ3v) is 2.53.